The number of urea groups is 1. The third-order valence-electron chi connectivity index (χ3n) is 5.96. The van der Waals surface area contributed by atoms with Crippen molar-refractivity contribution in [2.45, 2.75) is 38.1 Å². The lowest BCUT2D eigenvalue weighted by atomic mass is 9.95. The Morgan fingerprint density at radius 2 is 1.62 bits per heavy atom. The monoisotopic (exact) mass is 430 g/mol. The molecule has 6 heteroatoms. The molecule has 3 aromatic carbocycles. The van der Waals surface area contributed by atoms with Gasteiger partial charge in [0.05, 0.1) is 11.3 Å². The molecule has 32 heavy (non-hydrogen) atoms. The molecule has 0 aromatic heterocycles. The van der Waals surface area contributed by atoms with E-state index in [0.717, 1.165) is 47.8 Å². The fourth-order valence-electron chi connectivity index (χ4n) is 4.31. The van der Waals surface area contributed by atoms with E-state index in [-0.39, 0.29) is 18.0 Å². The molecule has 0 aliphatic heterocycles. The third-order valence-corrected chi connectivity index (χ3v) is 5.96. The summed E-state index contributed by atoms with van der Waals surface area (Å²) in [6.07, 6.45) is 5.59. The second kappa shape index (κ2) is 9.73. The maximum Gasteiger partial charge on any atom is 0.323 e. The maximum atomic E-state index is 13.0. The first kappa shape index (κ1) is 21.7. The van der Waals surface area contributed by atoms with E-state index in [9.17, 15) is 9.59 Å². The minimum absolute atomic E-state index is 0.0984. The van der Waals surface area contributed by atoms with Crippen molar-refractivity contribution in [1.82, 2.24) is 5.32 Å². The summed E-state index contributed by atoms with van der Waals surface area (Å²) in [4.78, 5) is 27.7. The molecule has 3 N–H and O–H groups in total. The van der Waals surface area contributed by atoms with Gasteiger partial charge in [-0.1, -0.05) is 55.7 Å². The minimum atomic E-state index is -0.349. The van der Waals surface area contributed by atoms with Gasteiger partial charge in [0, 0.05) is 36.9 Å². The molecule has 4 rings (SSSR count). The zero-order chi connectivity index (χ0) is 22.5. The summed E-state index contributed by atoms with van der Waals surface area (Å²) in [7, 11) is 3.82. The molecule has 0 bridgehead atoms. The molecule has 3 aromatic rings. The van der Waals surface area contributed by atoms with E-state index in [1.54, 1.807) is 6.07 Å². The van der Waals surface area contributed by atoms with E-state index >= 15 is 0 Å². The van der Waals surface area contributed by atoms with Crippen LogP contribution in [-0.4, -0.2) is 32.1 Å². The van der Waals surface area contributed by atoms with Crippen molar-refractivity contribution in [3.05, 3.63) is 66.2 Å². The Morgan fingerprint density at radius 1 is 0.875 bits per heavy atom. The van der Waals surface area contributed by atoms with E-state index < -0.39 is 0 Å². The van der Waals surface area contributed by atoms with Crippen molar-refractivity contribution in [2.24, 2.45) is 0 Å². The minimum Gasteiger partial charge on any atom is -0.377 e. The molecular formula is C26H30N4O2. The van der Waals surface area contributed by atoms with Crippen LogP contribution in [0.3, 0.4) is 0 Å². The van der Waals surface area contributed by atoms with Crippen LogP contribution in [0.25, 0.3) is 10.8 Å². The number of hydrogen-bond donors (Lipinski definition) is 3. The molecule has 0 unspecified atom stereocenters. The molecule has 6 nitrogen and oxygen atoms in total. The topological polar surface area (TPSA) is 73.5 Å². The van der Waals surface area contributed by atoms with Crippen LogP contribution in [0.5, 0.6) is 0 Å². The number of carbonyl (C=O) groups is 2. The van der Waals surface area contributed by atoms with Gasteiger partial charge in [-0.2, -0.15) is 0 Å². The lowest BCUT2D eigenvalue weighted by Gasteiger charge is -2.24. The molecule has 166 valence electrons. The number of hydrogen-bond acceptors (Lipinski definition) is 3. The highest BCUT2D eigenvalue weighted by atomic mass is 16.2. The molecule has 1 aliphatic rings. The number of nitrogens with one attached hydrogen (secondary N) is 3. The molecule has 1 aliphatic carbocycles. The summed E-state index contributed by atoms with van der Waals surface area (Å²) in [5, 5.41) is 11.0. The van der Waals surface area contributed by atoms with Crippen molar-refractivity contribution < 1.29 is 9.59 Å². The number of amides is 3. The van der Waals surface area contributed by atoms with Gasteiger partial charge < -0.3 is 20.9 Å². The second-order valence-corrected chi connectivity index (χ2v) is 8.54. The number of benzene rings is 3. The highest BCUT2D eigenvalue weighted by Crippen LogP contribution is 2.26. The molecule has 0 spiro atoms. The van der Waals surface area contributed by atoms with E-state index in [1.165, 1.54) is 6.42 Å². The van der Waals surface area contributed by atoms with Crippen LogP contribution in [0, 0.1) is 0 Å². The molecule has 0 saturated heterocycles. The number of anilines is 3. The maximum absolute atomic E-state index is 13.0. The van der Waals surface area contributed by atoms with Gasteiger partial charge in [-0.3, -0.25) is 4.79 Å². The van der Waals surface area contributed by atoms with Gasteiger partial charge in [-0.25, -0.2) is 4.79 Å². The zero-order valence-electron chi connectivity index (χ0n) is 18.7. The SMILES string of the molecule is CN(C)c1ccc(NC(=O)Nc2cccc3ccccc23)cc1C(=O)NC1CCCCC1. The zero-order valence-corrected chi connectivity index (χ0v) is 18.7. The second-order valence-electron chi connectivity index (χ2n) is 8.54. The number of nitrogens with zero attached hydrogens (tertiary/aromatic N) is 1. The van der Waals surface area contributed by atoms with Crippen LogP contribution in [-0.2, 0) is 0 Å². The van der Waals surface area contributed by atoms with Crippen LogP contribution in [0.15, 0.2) is 60.7 Å². The highest BCUT2D eigenvalue weighted by Gasteiger charge is 2.20. The number of rotatable bonds is 5. The first-order valence-electron chi connectivity index (χ1n) is 11.2. The first-order valence-corrected chi connectivity index (χ1v) is 11.2. The lowest BCUT2D eigenvalue weighted by Crippen LogP contribution is -2.36. The largest absolute Gasteiger partial charge is 0.377 e. The molecule has 0 heterocycles. The van der Waals surface area contributed by atoms with Crippen molar-refractivity contribution in [1.29, 1.82) is 0 Å². The molecular weight excluding hydrogens is 400 g/mol. The Bertz CT molecular complexity index is 1110. The van der Waals surface area contributed by atoms with Gasteiger partial charge in [-0.15, -0.1) is 0 Å². The summed E-state index contributed by atoms with van der Waals surface area (Å²) < 4.78 is 0. The highest BCUT2D eigenvalue weighted by molar-refractivity contribution is 6.07. The van der Waals surface area contributed by atoms with Gasteiger partial charge in [0.15, 0.2) is 0 Å². The third kappa shape index (κ3) is 5.02. The van der Waals surface area contributed by atoms with Gasteiger partial charge in [0.2, 0.25) is 0 Å². The van der Waals surface area contributed by atoms with Crippen LogP contribution < -0.4 is 20.9 Å². The molecule has 0 atom stereocenters. The molecule has 0 radical (unpaired) electrons. The van der Waals surface area contributed by atoms with E-state index in [1.807, 2.05) is 73.6 Å². The van der Waals surface area contributed by atoms with Crippen molar-refractivity contribution in [3.63, 3.8) is 0 Å². The van der Waals surface area contributed by atoms with Gasteiger partial charge in [0.1, 0.15) is 0 Å². The van der Waals surface area contributed by atoms with Crippen LogP contribution in [0.4, 0.5) is 21.9 Å². The smallest absolute Gasteiger partial charge is 0.323 e. The average Bonchev–Trinajstić information content (AvgIpc) is 2.80. The normalized spacial score (nSPS) is 14.1. The first-order chi connectivity index (χ1) is 15.5. The van der Waals surface area contributed by atoms with E-state index in [0.29, 0.717) is 11.3 Å². The van der Waals surface area contributed by atoms with Crippen molar-refractivity contribution >= 4 is 39.8 Å². The van der Waals surface area contributed by atoms with Crippen molar-refractivity contribution in [2.75, 3.05) is 29.6 Å². The Morgan fingerprint density at radius 3 is 2.41 bits per heavy atom. The van der Waals surface area contributed by atoms with Crippen LogP contribution in [0.1, 0.15) is 42.5 Å². The summed E-state index contributed by atoms with van der Waals surface area (Å²) in [5.74, 6) is -0.0984. The summed E-state index contributed by atoms with van der Waals surface area (Å²) in [6.45, 7) is 0. The fourth-order valence-corrected chi connectivity index (χ4v) is 4.31. The van der Waals surface area contributed by atoms with E-state index in [4.69, 9.17) is 0 Å². The van der Waals surface area contributed by atoms with Gasteiger partial charge >= 0.3 is 6.03 Å². The van der Waals surface area contributed by atoms with Gasteiger partial charge in [0.25, 0.3) is 5.91 Å². The molecule has 3 amide bonds. The Labute approximate surface area is 189 Å². The van der Waals surface area contributed by atoms with Crippen molar-refractivity contribution in [3.8, 4) is 0 Å². The van der Waals surface area contributed by atoms with Gasteiger partial charge in [-0.05, 0) is 42.5 Å². The Kier molecular flexibility index (Phi) is 6.59. The average molecular weight is 431 g/mol. The number of fused-ring (bicyclic) bond motifs is 1. The fraction of sp³-hybridized carbons (Fsp3) is 0.308. The Hall–Kier alpha value is -3.54. The predicted molar refractivity (Wildman–Crippen MR) is 132 cm³/mol. The lowest BCUT2D eigenvalue weighted by molar-refractivity contribution is 0.0928. The van der Waals surface area contributed by atoms with Crippen LogP contribution >= 0.6 is 0 Å². The van der Waals surface area contributed by atoms with E-state index in [2.05, 4.69) is 16.0 Å². The summed E-state index contributed by atoms with van der Waals surface area (Å²) in [5.41, 5.74) is 2.68. The number of carbonyl (C=O) groups excluding carboxylic acids is 2. The molecule has 1 saturated carbocycles. The Balaban J connectivity index is 1.51. The standard InChI is InChI=1S/C26H30N4O2/c1-30(2)24-16-15-20(17-22(24)25(31)27-19-11-4-3-5-12-19)28-26(32)29-23-14-8-10-18-9-6-7-13-21(18)23/h6-10,13-17,19H,3-5,11-12H2,1-2H3,(H,27,31)(H2,28,29,32). The summed E-state index contributed by atoms with van der Waals surface area (Å²) >= 11 is 0. The molecule has 1 fully saturated rings. The quantitative estimate of drug-likeness (QED) is 0.492. The van der Waals surface area contributed by atoms with Crippen LogP contribution in [0.2, 0.25) is 0 Å². The summed E-state index contributed by atoms with van der Waals surface area (Å²) in [6, 6.07) is 19.0. The predicted octanol–water partition coefficient (Wildman–Crippen LogP) is 5.61.